The minimum absolute atomic E-state index is 0.0227. The first-order valence-corrected chi connectivity index (χ1v) is 7.34. The van der Waals surface area contributed by atoms with Crippen molar-refractivity contribution in [3.8, 4) is 11.8 Å². The third kappa shape index (κ3) is 3.20. The Kier molecular flexibility index (Phi) is 4.14. The largest absolute Gasteiger partial charge is 0.377 e. The number of halogens is 2. The molecule has 1 aromatic heterocycles. The highest BCUT2D eigenvalue weighted by Crippen LogP contribution is 2.28. The van der Waals surface area contributed by atoms with Crippen LogP contribution in [0.25, 0.3) is 0 Å². The Balaban J connectivity index is 2.34. The Morgan fingerprint density at radius 1 is 1.20 bits per heavy atom. The second-order valence-electron chi connectivity index (χ2n) is 3.61. The molecule has 0 N–H and O–H groups in total. The molecule has 0 bridgehead atoms. The van der Waals surface area contributed by atoms with Crippen LogP contribution in [0, 0.1) is 11.3 Å². The number of aromatic nitrogens is 1. The van der Waals surface area contributed by atoms with Crippen LogP contribution in [0.4, 0.5) is 0 Å². The summed E-state index contributed by atoms with van der Waals surface area (Å²) in [5.74, 6) is -0.0689. The molecule has 5 nitrogen and oxygen atoms in total. The molecule has 1 aromatic carbocycles. The van der Waals surface area contributed by atoms with Crippen LogP contribution in [0.2, 0.25) is 10.2 Å². The maximum Gasteiger partial charge on any atom is 0.340 e. The number of nitrogens with zero attached hydrogens (tertiary/aromatic N) is 2. The molecule has 102 valence electrons. The minimum Gasteiger partial charge on any atom is -0.377 e. The molecule has 0 aliphatic heterocycles. The average molecular weight is 329 g/mol. The van der Waals surface area contributed by atoms with Crippen molar-refractivity contribution in [2.45, 2.75) is 4.90 Å². The zero-order valence-corrected chi connectivity index (χ0v) is 12.1. The first-order valence-electron chi connectivity index (χ1n) is 5.18. The Hall–Kier alpha value is -1.81. The molecule has 8 heteroatoms. The van der Waals surface area contributed by atoms with Gasteiger partial charge in [0.1, 0.15) is 10.0 Å². The molecule has 0 saturated heterocycles. The second kappa shape index (κ2) is 5.67. The maximum atomic E-state index is 12.0. The van der Waals surface area contributed by atoms with Crippen molar-refractivity contribution in [1.29, 1.82) is 5.26 Å². The summed E-state index contributed by atoms with van der Waals surface area (Å²) in [6, 6.07) is 8.50. The summed E-state index contributed by atoms with van der Waals surface area (Å²) in [5.41, 5.74) is 0.299. The van der Waals surface area contributed by atoms with E-state index in [2.05, 4.69) is 4.98 Å². The highest BCUT2D eigenvalue weighted by Gasteiger charge is 2.18. The topological polar surface area (TPSA) is 80.0 Å². The van der Waals surface area contributed by atoms with Crippen LogP contribution in [0.1, 0.15) is 5.56 Å². The SMILES string of the molecule is N#Cc1ccc(OS(=O)(=O)c2ccc(Cl)nc2)c(Cl)c1. The molecule has 1 heterocycles. The van der Waals surface area contributed by atoms with Crippen LogP contribution in [0.5, 0.6) is 5.75 Å². The van der Waals surface area contributed by atoms with Crippen LogP contribution in [-0.4, -0.2) is 13.4 Å². The molecule has 0 radical (unpaired) electrons. The molecule has 0 amide bonds. The Morgan fingerprint density at radius 3 is 2.50 bits per heavy atom. The van der Waals surface area contributed by atoms with Gasteiger partial charge in [0.15, 0.2) is 5.75 Å². The summed E-state index contributed by atoms with van der Waals surface area (Å²) in [7, 11) is -4.06. The van der Waals surface area contributed by atoms with Crippen LogP contribution >= 0.6 is 23.2 Å². The van der Waals surface area contributed by atoms with Gasteiger partial charge in [-0.1, -0.05) is 23.2 Å². The van der Waals surface area contributed by atoms with Crippen LogP contribution in [0.3, 0.4) is 0 Å². The van der Waals surface area contributed by atoms with Crippen LogP contribution in [-0.2, 0) is 10.1 Å². The van der Waals surface area contributed by atoms with Gasteiger partial charge < -0.3 is 4.18 Å². The lowest BCUT2D eigenvalue weighted by Gasteiger charge is -2.08. The van der Waals surface area contributed by atoms with E-state index in [1.807, 2.05) is 6.07 Å². The first kappa shape index (κ1) is 14.6. The number of benzene rings is 1. The van der Waals surface area contributed by atoms with E-state index in [4.69, 9.17) is 32.6 Å². The van der Waals surface area contributed by atoms with Gasteiger partial charge in [-0.05, 0) is 30.3 Å². The third-order valence-corrected chi connectivity index (χ3v) is 3.99. The third-order valence-electron chi connectivity index (χ3n) is 2.25. The molecular formula is C12H6Cl2N2O3S. The quantitative estimate of drug-likeness (QED) is 0.639. The zero-order chi connectivity index (χ0) is 14.8. The first-order chi connectivity index (χ1) is 9.42. The standard InChI is InChI=1S/C12H6Cl2N2O3S/c13-10-5-8(6-15)1-3-11(10)19-20(17,18)9-2-4-12(14)16-7-9/h1-5,7H. The number of hydrogen-bond donors (Lipinski definition) is 0. The van der Waals surface area contributed by atoms with Crippen molar-refractivity contribution < 1.29 is 12.6 Å². The predicted molar refractivity (Wildman–Crippen MR) is 73.2 cm³/mol. The molecule has 0 spiro atoms. The Morgan fingerprint density at radius 2 is 1.95 bits per heavy atom. The van der Waals surface area contributed by atoms with E-state index in [0.717, 1.165) is 6.20 Å². The van der Waals surface area contributed by atoms with Gasteiger partial charge in [-0.15, -0.1) is 0 Å². The highest BCUT2D eigenvalue weighted by atomic mass is 35.5. The molecule has 0 aliphatic carbocycles. The van der Waals surface area contributed by atoms with Crippen molar-refractivity contribution in [3.63, 3.8) is 0 Å². The van der Waals surface area contributed by atoms with Gasteiger partial charge in [0, 0.05) is 0 Å². The van der Waals surface area contributed by atoms with Gasteiger partial charge in [0.2, 0.25) is 0 Å². The number of rotatable bonds is 3. The summed E-state index contributed by atoms with van der Waals surface area (Å²) < 4.78 is 28.9. The summed E-state index contributed by atoms with van der Waals surface area (Å²) in [4.78, 5) is 3.52. The zero-order valence-electron chi connectivity index (χ0n) is 9.75. The fourth-order valence-electron chi connectivity index (χ4n) is 1.31. The van der Waals surface area contributed by atoms with E-state index in [1.54, 1.807) is 0 Å². The fraction of sp³-hybridized carbons (Fsp3) is 0. The lowest BCUT2D eigenvalue weighted by molar-refractivity contribution is 0.486. The summed E-state index contributed by atoms with van der Waals surface area (Å²) in [6.45, 7) is 0. The smallest absolute Gasteiger partial charge is 0.340 e. The van der Waals surface area contributed by atoms with E-state index in [9.17, 15) is 8.42 Å². The van der Waals surface area contributed by atoms with Gasteiger partial charge >= 0.3 is 10.1 Å². The van der Waals surface area contributed by atoms with Gasteiger partial charge in [-0.25, -0.2) is 4.98 Å². The summed E-state index contributed by atoms with van der Waals surface area (Å²) >= 11 is 11.4. The van der Waals surface area contributed by atoms with E-state index in [0.29, 0.717) is 5.56 Å². The second-order valence-corrected chi connectivity index (χ2v) is 5.95. The van der Waals surface area contributed by atoms with Crippen molar-refractivity contribution in [3.05, 3.63) is 52.3 Å². The van der Waals surface area contributed by atoms with Crippen LogP contribution < -0.4 is 4.18 Å². The Bertz CT molecular complexity index is 783. The van der Waals surface area contributed by atoms with E-state index < -0.39 is 10.1 Å². The van der Waals surface area contributed by atoms with Gasteiger partial charge in [0.05, 0.1) is 22.9 Å². The maximum absolute atomic E-state index is 12.0. The highest BCUT2D eigenvalue weighted by molar-refractivity contribution is 7.87. The van der Waals surface area contributed by atoms with E-state index in [1.165, 1.54) is 30.3 Å². The fourth-order valence-corrected chi connectivity index (χ4v) is 2.59. The van der Waals surface area contributed by atoms with Crippen molar-refractivity contribution in [2.24, 2.45) is 0 Å². The molecule has 0 saturated carbocycles. The minimum atomic E-state index is -4.06. The molecular weight excluding hydrogens is 323 g/mol. The number of hydrogen-bond acceptors (Lipinski definition) is 5. The van der Waals surface area contributed by atoms with Crippen LogP contribution in [0.15, 0.2) is 41.4 Å². The summed E-state index contributed by atoms with van der Waals surface area (Å²) in [6.07, 6.45) is 1.08. The molecule has 20 heavy (non-hydrogen) atoms. The normalized spacial score (nSPS) is 10.8. The van der Waals surface area contributed by atoms with Gasteiger partial charge in [-0.3, -0.25) is 0 Å². The monoisotopic (exact) mass is 328 g/mol. The predicted octanol–water partition coefficient (Wildman–Crippen LogP) is 3.03. The van der Waals surface area contributed by atoms with Gasteiger partial charge in [-0.2, -0.15) is 13.7 Å². The van der Waals surface area contributed by atoms with Crippen molar-refractivity contribution >= 4 is 33.3 Å². The van der Waals surface area contributed by atoms with E-state index in [-0.39, 0.29) is 20.8 Å². The van der Waals surface area contributed by atoms with Crippen molar-refractivity contribution in [2.75, 3.05) is 0 Å². The molecule has 0 unspecified atom stereocenters. The molecule has 0 atom stereocenters. The molecule has 2 rings (SSSR count). The molecule has 2 aromatic rings. The average Bonchev–Trinajstić information content (AvgIpc) is 2.41. The Labute approximate surface area is 125 Å². The number of nitriles is 1. The summed E-state index contributed by atoms with van der Waals surface area (Å²) in [5, 5.41) is 8.89. The lowest BCUT2D eigenvalue weighted by atomic mass is 10.2. The molecule has 0 fully saturated rings. The molecule has 0 aliphatic rings. The van der Waals surface area contributed by atoms with Gasteiger partial charge in [0.25, 0.3) is 0 Å². The lowest BCUT2D eigenvalue weighted by Crippen LogP contribution is -2.10. The van der Waals surface area contributed by atoms with E-state index >= 15 is 0 Å². The number of pyridine rings is 1. The van der Waals surface area contributed by atoms with Crippen molar-refractivity contribution in [1.82, 2.24) is 4.98 Å².